The first-order valence-electron chi connectivity index (χ1n) is 7.08. The van der Waals surface area contributed by atoms with Gasteiger partial charge in [-0.15, -0.1) is 0 Å². The highest BCUT2D eigenvalue weighted by Gasteiger charge is 2.02. The SMILES string of the molecule is COc1ccc(/C=N/NC(=O)CNc2ccc(C)cc2)cc1O. The number of amides is 1. The van der Waals surface area contributed by atoms with Gasteiger partial charge >= 0.3 is 0 Å². The molecule has 6 nitrogen and oxygen atoms in total. The van der Waals surface area contributed by atoms with Crippen LogP contribution < -0.4 is 15.5 Å². The normalized spacial score (nSPS) is 10.5. The van der Waals surface area contributed by atoms with E-state index in [4.69, 9.17) is 4.74 Å². The number of carbonyl (C=O) groups is 1. The molecule has 1 amide bonds. The molecule has 0 atom stereocenters. The highest BCUT2D eigenvalue weighted by atomic mass is 16.5. The van der Waals surface area contributed by atoms with Crippen molar-refractivity contribution in [2.45, 2.75) is 6.92 Å². The third-order valence-corrected chi connectivity index (χ3v) is 3.11. The van der Waals surface area contributed by atoms with Crippen LogP contribution >= 0.6 is 0 Å². The summed E-state index contributed by atoms with van der Waals surface area (Å²) in [6.45, 7) is 2.12. The monoisotopic (exact) mass is 313 g/mol. The second-order valence-corrected chi connectivity index (χ2v) is 4.94. The van der Waals surface area contributed by atoms with Crippen LogP contribution in [0.1, 0.15) is 11.1 Å². The van der Waals surface area contributed by atoms with Crippen molar-refractivity contribution in [3.63, 3.8) is 0 Å². The smallest absolute Gasteiger partial charge is 0.259 e. The number of methoxy groups -OCH3 is 1. The zero-order valence-electron chi connectivity index (χ0n) is 13.0. The number of rotatable bonds is 6. The van der Waals surface area contributed by atoms with E-state index < -0.39 is 0 Å². The molecular formula is C17H19N3O3. The van der Waals surface area contributed by atoms with Crippen LogP contribution in [0.25, 0.3) is 0 Å². The van der Waals surface area contributed by atoms with Crippen LogP contribution in [0.5, 0.6) is 11.5 Å². The number of nitrogens with zero attached hydrogens (tertiary/aromatic N) is 1. The van der Waals surface area contributed by atoms with Crippen LogP contribution in [-0.2, 0) is 4.79 Å². The van der Waals surface area contributed by atoms with Gasteiger partial charge < -0.3 is 15.2 Å². The average Bonchev–Trinajstić information content (AvgIpc) is 2.54. The third-order valence-electron chi connectivity index (χ3n) is 3.11. The zero-order chi connectivity index (χ0) is 16.7. The minimum absolute atomic E-state index is 0.0174. The van der Waals surface area contributed by atoms with Crippen LogP contribution in [-0.4, -0.2) is 30.9 Å². The van der Waals surface area contributed by atoms with Gasteiger partial charge in [-0.05, 0) is 42.8 Å². The van der Waals surface area contributed by atoms with Crippen molar-refractivity contribution < 1.29 is 14.6 Å². The zero-order valence-corrected chi connectivity index (χ0v) is 13.0. The molecule has 0 unspecified atom stereocenters. The molecule has 6 heteroatoms. The fraction of sp³-hybridized carbons (Fsp3) is 0.176. The molecule has 0 saturated carbocycles. The minimum Gasteiger partial charge on any atom is -0.504 e. The van der Waals surface area contributed by atoms with Gasteiger partial charge in [0.2, 0.25) is 0 Å². The van der Waals surface area contributed by atoms with Crippen molar-refractivity contribution in [3.05, 3.63) is 53.6 Å². The number of ether oxygens (including phenoxy) is 1. The molecule has 0 aliphatic carbocycles. The van der Waals surface area contributed by atoms with Gasteiger partial charge in [0.05, 0.1) is 19.9 Å². The molecule has 0 aliphatic heterocycles. The first-order chi connectivity index (χ1) is 11.1. The van der Waals surface area contributed by atoms with Crippen LogP contribution in [0, 0.1) is 6.92 Å². The first kappa shape index (κ1) is 16.4. The van der Waals surface area contributed by atoms with E-state index in [1.54, 1.807) is 12.1 Å². The molecule has 0 fully saturated rings. The highest BCUT2D eigenvalue weighted by Crippen LogP contribution is 2.25. The van der Waals surface area contributed by atoms with Gasteiger partial charge in [0.1, 0.15) is 0 Å². The summed E-state index contributed by atoms with van der Waals surface area (Å²) in [7, 11) is 1.48. The molecule has 3 N–H and O–H groups in total. The van der Waals surface area contributed by atoms with Crippen molar-refractivity contribution in [2.24, 2.45) is 5.10 Å². The van der Waals surface area contributed by atoms with Gasteiger partial charge in [-0.25, -0.2) is 5.43 Å². The lowest BCUT2D eigenvalue weighted by atomic mass is 10.2. The Morgan fingerprint density at radius 2 is 2.00 bits per heavy atom. The van der Waals surface area contributed by atoms with Crippen LogP contribution in [0.2, 0.25) is 0 Å². The number of hydrogen-bond donors (Lipinski definition) is 3. The summed E-state index contributed by atoms with van der Waals surface area (Å²) in [6.07, 6.45) is 1.45. The maximum absolute atomic E-state index is 11.7. The molecule has 0 aliphatic rings. The number of aryl methyl sites for hydroxylation is 1. The second kappa shape index (κ2) is 7.84. The van der Waals surface area contributed by atoms with Crippen LogP contribution in [0.15, 0.2) is 47.6 Å². The Morgan fingerprint density at radius 3 is 2.65 bits per heavy atom. The van der Waals surface area contributed by atoms with Crippen molar-refractivity contribution in [3.8, 4) is 11.5 Å². The number of benzene rings is 2. The fourth-order valence-corrected chi connectivity index (χ4v) is 1.86. The fourth-order valence-electron chi connectivity index (χ4n) is 1.86. The third kappa shape index (κ3) is 5.03. The van der Waals surface area contributed by atoms with Crippen LogP contribution in [0.3, 0.4) is 0 Å². The Hall–Kier alpha value is -3.02. The lowest BCUT2D eigenvalue weighted by Crippen LogP contribution is -2.25. The minimum atomic E-state index is -0.264. The molecule has 0 bridgehead atoms. The lowest BCUT2D eigenvalue weighted by molar-refractivity contribution is -0.119. The van der Waals surface area contributed by atoms with Gasteiger partial charge in [-0.3, -0.25) is 4.79 Å². The summed E-state index contributed by atoms with van der Waals surface area (Å²) < 4.78 is 4.95. The van der Waals surface area contributed by atoms with E-state index in [1.165, 1.54) is 19.4 Å². The summed E-state index contributed by atoms with van der Waals surface area (Å²) in [5.74, 6) is 0.136. The van der Waals surface area contributed by atoms with Crippen molar-refractivity contribution in [1.82, 2.24) is 5.43 Å². The molecule has 0 spiro atoms. The first-order valence-corrected chi connectivity index (χ1v) is 7.08. The van der Waals surface area contributed by atoms with E-state index in [-0.39, 0.29) is 18.2 Å². The molecule has 2 aromatic carbocycles. The molecule has 0 radical (unpaired) electrons. The Kier molecular flexibility index (Phi) is 5.57. The number of aromatic hydroxyl groups is 1. The maximum atomic E-state index is 11.7. The Balaban J connectivity index is 1.81. The van der Waals surface area contributed by atoms with Crippen LogP contribution in [0.4, 0.5) is 5.69 Å². The molecule has 0 aromatic heterocycles. The molecule has 2 aromatic rings. The number of phenols is 1. The van der Waals surface area contributed by atoms with E-state index in [1.807, 2.05) is 31.2 Å². The number of anilines is 1. The van der Waals surface area contributed by atoms with E-state index in [2.05, 4.69) is 15.8 Å². The quantitative estimate of drug-likeness (QED) is 0.564. The summed E-state index contributed by atoms with van der Waals surface area (Å²) in [6, 6.07) is 12.6. The molecule has 2 rings (SSSR count). The van der Waals surface area contributed by atoms with E-state index in [0.717, 1.165) is 11.3 Å². The number of hydrazone groups is 1. The number of nitrogens with one attached hydrogen (secondary N) is 2. The Bertz CT molecular complexity index is 697. The Morgan fingerprint density at radius 1 is 1.26 bits per heavy atom. The van der Waals surface area contributed by atoms with E-state index >= 15 is 0 Å². The number of phenolic OH excluding ortho intramolecular Hbond substituents is 1. The predicted octanol–water partition coefficient (Wildman–Crippen LogP) is 2.27. The Labute approximate surface area is 134 Å². The largest absolute Gasteiger partial charge is 0.504 e. The summed E-state index contributed by atoms with van der Waals surface area (Å²) in [4.78, 5) is 11.7. The van der Waals surface area contributed by atoms with E-state index in [9.17, 15) is 9.90 Å². The van der Waals surface area contributed by atoms with Gasteiger partial charge in [-0.2, -0.15) is 5.10 Å². The van der Waals surface area contributed by atoms with Gasteiger partial charge in [0.15, 0.2) is 11.5 Å². The molecule has 0 heterocycles. The number of carbonyl (C=O) groups excluding carboxylic acids is 1. The van der Waals surface area contributed by atoms with Gasteiger partial charge in [0, 0.05) is 5.69 Å². The van der Waals surface area contributed by atoms with Crippen molar-refractivity contribution in [2.75, 3.05) is 19.0 Å². The van der Waals surface area contributed by atoms with Gasteiger partial charge in [0.25, 0.3) is 5.91 Å². The predicted molar refractivity (Wildman–Crippen MR) is 90.1 cm³/mol. The topological polar surface area (TPSA) is 83.0 Å². The summed E-state index contributed by atoms with van der Waals surface area (Å²) in [5.41, 5.74) is 5.09. The second-order valence-electron chi connectivity index (χ2n) is 4.94. The maximum Gasteiger partial charge on any atom is 0.259 e. The van der Waals surface area contributed by atoms with E-state index in [0.29, 0.717) is 11.3 Å². The molecule has 23 heavy (non-hydrogen) atoms. The molecule has 120 valence electrons. The standard InChI is InChI=1S/C17H19N3O3/c1-12-3-6-14(7-4-12)18-11-17(22)20-19-10-13-5-8-16(23-2)15(21)9-13/h3-10,18,21H,11H2,1-2H3,(H,20,22)/b19-10+. The highest BCUT2D eigenvalue weighted by molar-refractivity contribution is 5.84. The lowest BCUT2D eigenvalue weighted by Gasteiger charge is -2.05. The number of hydrogen-bond acceptors (Lipinski definition) is 5. The van der Waals surface area contributed by atoms with Gasteiger partial charge in [-0.1, -0.05) is 17.7 Å². The molecular weight excluding hydrogens is 294 g/mol. The summed E-state index contributed by atoms with van der Waals surface area (Å²) >= 11 is 0. The van der Waals surface area contributed by atoms with Crippen molar-refractivity contribution >= 4 is 17.8 Å². The summed E-state index contributed by atoms with van der Waals surface area (Å²) in [5, 5.41) is 16.5. The van der Waals surface area contributed by atoms with Crippen molar-refractivity contribution in [1.29, 1.82) is 0 Å². The molecule has 0 saturated heterocycles. The average molecular weight is 313 g/mol.